The van der Waals surface area contributed by atoms with Gasteiger partial charge < -0.3 is 20.1 Å². The van der Waals surface area contributed by atoms with Crippen LogP contribution in [0.1, 0.15) is 30.5 Å². The van der Waals surface area contributed by atoms with E-state index in [2.05, 4.69) is 10.1 Å². The lowest BCUT2D eigenvalue weighted by molar-refractivity contribution is -0.274. The van der Waals surface area contributed by atoms with E-state index in [1.807, 2.05) is 60.7 Å². The SMILES string of the molecule is CC(C)(Sc1ccc2c(c1)CC(N(Cc1cccc3ccccc13)C(=O)Nc1ccc(OC(F)(F)F)cc1)C2)C(=O)O. The van der Waals surface area contributed by atoms with Crippen LogP contribution in [-0.2, 0) is 24.2 Å². The molecule has 1 unspecified atom stereocenters. The van der Waals surface area contributed by atoms with Crippen LogP contribution in [-0.4, -0.2) is 39.2 Å². The third-order valence-corrected chi connectivity index (χ3v) is 8.41. The quantitative estimate of drug-likeness (QED) is 0.203. The van der Waals surface area contributed by atoms with Crippen LogP contribution in [0.15, 0.2) is 89.8 Å². The van der Waals surface area contributed by atoms with E-state index in [-0.39, 0.29) is 17.8 Å². The Morgan fingerprint density at radius 2 is 1.64 bits per heavy atom. The molecule has 218 valence electrons. The number of carboxylic acids is 1. The van der Waals surface area contributed by atoms with Crippen molar-refractivity contribution in [3.8, 4) is 5.75 Å². The fraction of sp³-hybridized carbons (Fsp3) is 0.250. The molecule has 0 aliphatic heterocycles. The first-order chi connectivity index (χ1) is 19.9. The highest BCUT2D eigenvalue weighted by molar-refractivity contribution is 8.01. The van der Waals surface area contributed by atoms with Gasteiger partial charge in [-0.1, -0.05) is 48.5 Å². The van der Waals surface area contributed by atoms with Crippen LogP contribution in [0.3, 0.4) is 0 Å². The number of anilines is 1. The van der Waals surface area contributed by atoms with Crippen LogP contribution >= 0.6 is 11.8 Å². The summed E-state index contributed by atoms with van der Waals surface area (Å²) < 4.78 is 40.7. The minimum absolute atomic E-state index is 0.195. The number of thioether (sulfide) groups is 1. The molecule has 1 aliphatic carbocycles. The molecule has 4 aromatic rings. The molecule has 2 N–H and O–H groups in total. The van der Waals surface area contributed by atoms with Gasteiger partial charge >= 0.3 is 18.4 Å². The lowest BCUT2D eigenvalue weighted by Crippen LogP contribution is -2.43. The maximum atomic E-state index is 13.8. The van der Waals surface area contributed by atoms with Crippen molar-refractivity contribution in [3.63, 3.8) is 0 Å². The molecule has 1 atom stereocenters. The molecule has 0 spiro atoms. The first-order valence-corrected chi connectivity index (χ1v) is 14.1. The summed E-state index contributed by atoms with van der Waals surface area (Å²) in [6.07, 6.45) is -3.62. The minimum atomic E-state index is -4.81. The molecular formula is C32H29F3N2O4S. The number of alkyl halides is 3. The summed E-state index contributed by atoms with van der Waals surface area (Å²) in [5.41, 5.74) is 3.44. The number of aliphatic carboxylic acids is 1. The van der Waals surface area contributed by atoms with Crippen molar-refractivity contribution in [3.05, 3.63) is 102 Å². The first-order valence-electron chi connectivity index (χ1n) is 13.3. The van der Waals surface area contributed by atoms with Gasteiger partial charge in [-0.15, -0.1) is 24.9 Å². The molecule has 10 heteroatoms. The smallest absolute Gasteiger partial charge is 0.480 e. The third kappa shape index (κ3) is 6.82. The zero-order valence-electron chi connectivity index (χ0n) is 22.9. The van der Waals surface area contributed by atoms with Crippen molar-refractivity contribution in [2.24, 2.45) is 0 Å². The Morgan fingerprint density at radius 3 is 2.36 bits per heavy atom. The predicted molar refractivity (Wildman–Crippen MR) is 157 cm³/mol. The van der Waals surface area contributed by atoms with Crippen molar-refractivity contribution >= 4 is 40.2 Å². The van der Waals surface area contributed by atoms with Crippen LogP contribution in [0.5, 0.6) is 5.75 Å². The number of nitrogens with one attached hydrogen (secondary N) is 1. The van der Waals surface area contributed by atoms with E-state index in [9.17, 15) is 27.9 Å². The number of carbonyl (C=O) groups is 2. The normalized spacial score (nSPS) is 14.8. The Labute approximate surface area is 245 Å². The van der Waals surface area contributed by atoms with Crippen molar-refractivity contribution in [2.45, 2.75) is 55.3 Å². The third-order valence-electron chi connectivity index (χ3n) is 7.24. The monoisotopic (exact) mass is 594 g/mol. The van der Waals surface area contributed by atoms with Crippen LogP contribution < -0.4 is 10.1 Å². The number of carbonyl (C=O) groups excluding carboxylic acids is 1. The molecular weight excluding hydrogens is 565 g/mol. The number of hydrogen-bond donors (Lipinski definition) is 2. The minimum Gasteiger partial charge on any atom is -0.480 e. The largest absolute Gasteiger partial charge is 0.573 e. The molecule has 2 amide bonds. The van der Waals surface area contributed by atoms with Gasteiger partial charge in [-0.3, -0.25) is 4.79 Å². The Hall–Kier alpha value is -4.18. The molecule has 4 aromatic carbocycles. The van der Waals surface area contributed by atoms with Gasteiger partial charge in [0.2, 0.25) is 0 Å². The summed E-state index contributed by atoms with van der Waals surface area (Å²) in [6.45, 7) is 3.64. The molecule has 1 aliphatic rings. The summed E-state index contributed by atoms with van der Waals surface area (Å²) in [6, 6.07) is 24.2. The molecule has 6 nitrogen and oxygen atoms in total. The van der Waals surface area contributed by atoms with Crippen LogP contribution in [0.25, 0.3) is 10.8 Å². The Balaban J connectivity index is 1.40. The zero-order valence-corrected chi connectivity index (χ0v) is 23.8. The van der Waals surface area contributed by atoms with Gasteiger partial charge in [0, 0.05) is 23.2 Å². The molecule has 5 rings (SSSR count). The summed E-state index contributed by atoms with van der Waals surface area (Å²) in [4.78, 5) is 28.0. The average Bonchev–Trinajstić information content (AvgIpc) is 3.34. The van der Waals surface area contributed by atoms with Gasteiger partial charge in [0.15, 0.2) is 0 Å². The van der Waals surface area contributed by atoms with E-state index in [0.29, 0.717) is 25.1 Å². The highest BCUT2D eigenvalue weighted by atomic mass is 32.2. The Bertz CT molecular complexity index is 1620. The second-order valence-corrected chi connectivity index (χ2v) is 12.4. The zero-order chi connectivity index (χ0) is 30.1. The molecule has 0 saturated carbocycles. The van der Waals surface area contributed by atoms with E-state index in [1.54, 1.807) is 18.7 Å². The Morgan fingerprint density at radius 1 is 0.952 bits per heavy atom. The van der Waals surface area contributed by atoms with Crippen LogP contribution in [0, 0.1) is 0 Å². The predicted octanol–water partition coefficient (Wildman–Crippen LogP) is 7.90. The van der Waals surface area contributed by atoms with E-state index < -0.39 is 17.1 Å². The topological polar surface area (TPSA) is 78.9 Å². The highest BCUT2D eigenvalue weighted by Crippen LogP contribution is 2.37. The number of fused-ring (bicyclic) bond motifs is 2. The summed E-state index contributed by atoms with van der Waals surface area (Å²) in [5, 5.41) is 14.5. The second-order valence-electron chi connectivity index (χ2n) is 10.7. The number of nitrogens with zero attached hydrogens (tertiary/aromatic N) is 1. The summed E-state index contributed by atoms with van der Waals surface area (Å²) >= 11 is 1.27. The van der Waals surface area contributed by atoms with Gasteiger partial charge in [0.25, 0.3) is 0 Å². The molecule has 0 heterocycles. The fourth-order valence-electron chi connectivity index (χ4n) is 5.11. The van der Waals surface area contributed by atoms with Gasteiger partial charge in [0.1, 0.15) is 10.5 Å². The maximum Gasteiger partial charge on any atom is 0.573 e. The highest BCUT2D eigenvalue weighted by Gasteiger charge is 2.33. The molecule has 42 heavy (non-hydrogen) atoms. The molecule has 0 aromatic heterocycles. The Kier molecular flexibility index (Phi) is 8.10. The summed E-state index contributed by atoms with van der Waals surface area (Å²) in [7, 11) is 0. The van der Waals surface area contributed by atoms with E-state index in [4.69, 9.17) is 0 Å². The first kappa shape index (κ1) is 29.3. The van der Waals surface area contributed by atoms with Crippen molar-refractivity contribution in [1.82, 2.24) is 4.90 Å². The number of rotatable bonds is 8. The molecule has 0 fully saturated rings. The lowest BCUT2D eigenvalue weighted by atomic mass is 10.0. The van der Waals surface area contributed by atoms with Gasteiger partial charge in [-0.25, -0.2) is 4.79 Å². The number of hydrogen-bond acceptors (Lipinski definition) is 4. The number of halogens is 3. The van der Waals surface area contributed by atoms with Gasteiger partial charge in [0.05, 0.1) is 0 Å². The molecule has 0 bridgehead atoms. The number of benzene rings is 4. The number of carboxylic acid groups (broad SMARTS) is 1. The maximum absolute atomic E-state index is 13.8. The van der Waals surface area contributed by atoms with Crippen molar-refractivity contribution < 1.29 is 32.6 Å². The van der Waals surface area contributed by atoms with E-state index >= 15 is 0 Å². The van der Waals surface area contributed by atoms with Crippen molar-refractivity contribution in [1.29, 1.82) is 0 Å². The molecule has 0 radical (unpaired) electrons. The van der Waals surface area contributed by atoms with E-state index in [1.165, 1.54) is 23.9 Å². The second kappa shape index (κ2) is 11.6. The number of amides is 2. The van der Waals surface area contributed by atoms with E-state index in [0.717, 1.165) is 44.5 Å². The standard InChI is InChI=1S/C32H29F3N2O4S/c1-31(2,29(38)39)42-27-15-10-21-16-25(17-23(21)18-27)37(19-22-8-5-7-20-6-3-4-9-28(20)22)30(40)36-24-11-13-26(14-12-24)41-32(33,34)35/h3-15,18,25H,16-17,19H2,1-2H3,(H,36,40)(H,38,39). The number of urea groups is 1. The average molecular weight is 595 g/mol. The van der Waals surface area contributed by atoms with Crippen LogP contribution in [0.2, 0.25) is 0 Å². The summed E-state index contributed by atoms with van der Waals surface area (Å²) in [5.74, 6) is -1.28. The fourth-order valence-corrected chi connectivity index (χ4v) is 6.12. The van der Waals surface area contributed by atoms with Crippen molar-refractivity contribution in [2.75, 3.05) is 5.32 Å². The lowest BCUT2D eigenvalue weighted by Gasteiger charge is -2.30. The van der Waals surface area contributed by atoms with Gasteiger partial charge in [-0.2, -0.15) is 0 Å². The van der Waals surface area contributed by atoms with Crippen LogP contribution in [0.4, 0.5) is 23.7 Å². The van der Waals surface area contributed by atoms with Gasteiger partial charge in [-0.05, 0) is 90.6 Å². The molecule has 0 saturated heterocycles. The number of ether oxygens (including phenoxy) is 1.